The van der Waals surface area contributed by atoms with E-state index in [0.29, 0.717) is 6.04 Å². The van der Waals surface area contributed by atoms with Gasteiger partial charge in [-0.1, -0.05) is 12.5 Å². The lowest BCUT2D eigenvalue weighted by molar-refractivity contribution is 0.164. The number of hydrogen-bond donors (Lipinski definition) is 1. The number of hydrogen-bond acceptors (Lipinski definition) is 2. The van der Waals surface area contributed by atoms with Gasteiger partial charge in [0.2, 0.25) is 0 Å². The van der Waals surface area contributed by atoms with Gasteiger partial charge in [-0.05, 0) is 45.4 Å². The molecule has 2 atom stereocenters. The number of nitrogens with one attached hydrogen (secondary N) is 1. The first-order valence-corrected chi connectivity index (χ1v) is 5.46. The van der Waals surface area contributed by atoms with Crippen molar-refractivity contribution in [2.75, 3.05) is 6.54 Å². The summed E-state index contributed by atoms with van der Waals surface area (Å²) in [5, 5.41) is 3.39. The van der Waals surface area contributed by atoms with Gasteiger partial charge in [-0.15, -0.1) is 0 Å². The van der Waals surface area contributed by atoms with Gasteiger partial charge in [0.05, 0.1) is 6.26 Å². The molecule has 2 unspecified atom stereocenters. The van der Waals surface area contributed by atoms with Gasteiger partial charge in [-0.3, -0.25) is 0 Å². The number of rotatable bonds is 4. The Balaban J connectivity index is 2.44. The van der Waals surface area contributed by atoms with Gasteiger partial charge in [0.25, 0.3) is 0 Å². The van der Waals surface area contributed by atoms with Gasteiger partial charge >= 0.3 is 0 Å². The molecule has 0 saturated heterocycles. The molecule has 0 amide bonds. The molecule has 1 rings (SSSR count). The van der Waals surface area contributed by atoms with Crippen LogP contribution in [0.1, 0.15) is 33.6 Å². The molecule has 2 heteroatoms. The van der Waals surface area contributed by atoms with Crippen LogP contribution < -0.4 is 5.32 Å². The minimum atomic E-state index is 0.279. The van der Waals surface area contributed by atoms with Crippen molar-refractivity contribution in [3.8, 4) is 0 Å². The molecule has 14 heavy (non-hydrogen) atoms. The zero-order chi connectivity index (χ0) is 10.4. The predicted octanol–water partition coefficient (Wildman–Crippen LogP) is 2.62. The Morgan fingerprint density at radius 1 is 1.71 bits per heavy atom. The van der Waals surface area contributed by atoms with Crippen molar-refractivity contribution in [1.82, 2.24) is 5.32 Å². The Bertz CT molecular complexity index is 220. The van der Waals surface area contributed by atoms with E-state index in [-0.39, 0.29) is 6.10 Å². The molecule has 0 aromatic carbocycles. The zero-order valence-corrected chi connectivity index (χ0v) is 9.42. The Morgan fingerprint density at radius 2 is 2.50 bits per heavy atom. The third kappa shape index (κ3) is 3.54. The first kappa shape index (κ1) is 11.3. The first-order chi connectivity index (χ1) is 6.74. The van der Waals surface area contributed by atoms with E-state index in [1.165, 1.54) is 5.57 Å². The minimum absolute atomic E-state index is 0.279. The van der Waals surface area contributed by atoms with Crippen molar-refractivity contribution in [1.29, 1.82) is 0 Å². The van der Waals surface area contributed by atoms with Gasteiger partial charge in [-0.2, -0.15) is 0 Å². The highest BCUT2D eigenvalue weighted by atomic mass is 16.5. The highest BCUT2D eigenvalue weighted by Crippen LogP contribution is 2.14. The summed E-state index contributed by atoms with van der Waals surface area (Å²) in [4.78, 5) is 0. The van der Waals surface area contributed by atoms with E-state index in [2.05, 4.69) is 38.2 Å². The highest BCUT2D eigenvalue weighted by molar-refractivity contribution is 5.10. The van der Waals surface area contributed by atoms with Crippen molar-refractivity contribution in [3.63, 3.8) is 0 Å². The second-order valence-corrected chi connectivity index (χ2v) is 3.81. The van der Waals surface area contributed by atoms with Crippen LogP contribution in [0.4, 0.5) is 0 Å². The molecular formula is C12H21NO. The summed E-state index contributed by atoms with van der Waals surface area (Å²) in [5.74, 6) is 0. The second kappa shape index (κ2) is 5.86. The molecule has 1 aliphatic rings. The van der Waals surface area contributed by atoms with E-state index in [4.69, 9.17) is 4.74 Å². The van der Waals surface area contributed by atoms with Gasteiger partial charge in [-0.25, -0.2) is 0 Å². The maximum absolute atomic E-state index is 5.49. The quantitative estimate of drug-likeness (QED) is 0.696. The van der Waals surface area contributed by atoms with Crippen molar-refractivity contribution >= 4 is 0 Å². The maximum Gasteiger partial charge on any atom is 0.117 e. The fourth-order valence-electron chi connectivity index (χ4n) is 1.58. The van der Waals surface area contributed by atoms with E-state index in [0.717, 1.165) is 19.4 Å². The molecule has 0 radical (unpaired) electrons. The molecule has 0 fully saturated rings. The summed E-state index contributed by atoms with van der Waals surface area (Å²) < 4.78 is 5.49. The molecule has 0 aromatic rings. The van der Waals surface area contributed by atoms with Crippen LogP contribution >= 0.6 is 0 Å². The smallest absolute Gasteiger partial charge is 0.117 e. The van der Waals surface area contributed by atoms with E-state index < -0.39 is 0 Å². The molecule has 80 valence electrons. The largest absolute Gasteiger partial charge is 0.494 e. The van der Waals surface area contributed by atoms with E-state index in [1.807, 2.05) is 6.26 Å². The standard InChI is InChI=1S/C12H21NO/c1-4-13-11(3)10(2)9-12-7-5-6-8-14-12/h6,8-9,11-13H,4-5,7H2,1-3H3/b10-9+. The van der Waals surface area contributed by atoms with Gasteiger partial charge in [0, 0.05) is 6.04 Å². The van der Waals surface area contributed by atoms with Crippen molar-refractivity contribution < 1.29 is 4.74 Å². The van der Waals surface area contributed by atoms with Crippen molar-refractivity contribution in [2.45, 2.75) is 45.8 Å². The third-order valence-corrected chi connectivity index (χ3v) is 2.61. The van der Waals surface area contributed by atoms with E-state index >= 15 is 0 Å². The third-order valence-electron chi connectivity index (χ3n) is 2.61. The second-order valence-electron chi connectivity index (χ2n) is 3.81. The molecule has 0 spiro atoms. The van der Waals surface area contributed by atoms with Crippen LogP contribution in [0.15, 0.2) is 24.0 Å². The SMILES string of the molecule is CCNC(C)/C(C)=C/C1CCC=CO1. The molecule has 2 nitrogen and oxygen atoms in total. The van der Waals surface area contributed by atoms with Gasteiger partial charge in [0.1, 0.15) is 6.10 Å². The summed E-state index contributed by atoms with van der Waals surface area (Å²) in [6, 6.07) is 0.453. The highest BCUT2D eigenvalue weighted by Gasteiger charge is 2.10. The molecule has 0 aliphatic carbocycles. The molecule has 1 N–H and O–H groups in total. The predicted molar refractivity (Wildman–Crippen MR) is 60.1 cm³/mol. The molecule has 1 aliphatic heterocycles. The molecule has 1 heterocycles. The van der Waals surface area contributed by atoms with Crippen LogP contribution in [0.5, 0.6) is 0 Å². The van der Waals surface area contributed by atoms with Crippen molar-refractivity contribution in [3.05, 3.63) is 24.0 Å². The fraction of sp³-hybridized carbons (Fsp3) is 0.667. The monoisotopic (exact) mass is 195 g/mol. The fourth-order valence-corrected chi connectivity index (χ4v) is 1.58. The molecule has 0 bridgehead atoms. The lowest BCUT2D eigenvalue weighted by Crippen LogP contribution is -2.27. The topological polar surface area (TPSA) is 21.3 Å². The average Bonchev–Trinajstić information content (AvgIpc) is 2.19. The first-order valence-electron chi connectivity index (χ1n) is 5.46. The van der Waals surface area contributed by atoms with Crippen LogP contribution in [0.2, 0.25) is 0 Å². The maximum atomic E-state index is 5.49. The summed E-state index contributed by atoms with van der Waals surface area (Å²) in [7, 11) is 0. The van der Waals surface area contributed by atoms with Gasteiger partial charge < -0.3 is 10.1 Å². The van der Waals surface area contributed by atoms with Crippen LogP contribution in [0.3, 0.4) is 0 Å². The van der Waals surface area contributed by atoms with E-state index in [9.17, 15) is 0 Å². The average molecular weight is 195 g/mol. The summed E-state index contributed by atoms with van der Waals surface area (Å²) in [6.45, 7) is 7.49. The summed E-state index contributed by atoms with van der Waals surface area (Å²) >= 11 is 0. The van der Waals surface area contributed by atoms with Crippen LogP contribution in [-0.2, 0) is 4.74 Å². The number of ether oxygens (including phenoxy) is 1. The molecule has 0 saturated carbocycles. The normalized spacial score (nSPS) is 24.5. The van der Waals surface area contributed by atoms with Crippen molar-refractivity contribution in [2.24, 2.45) is 0 Å². The summed E-state index contributed by atoms with van der Waals surface area (Å²) in [5.41, 5.74) is 1.37. The number of allylic oxidation sites excluding steroid dienone is 1. The Labute approximate surface area is 87.0 Å². The van der Waals surface area contributed by atoms with Crippen LogP contribution in [-0.4, -0.2) is 18.7 Å². The summed E-state index contributed by atoms with van der Waals surface area (Å²) in [6.07, 6.45) is 8.64. The Hall–Kier alpha value is -0.760. The minimum Gasteiger partial charge on any atom is -0.494 e. The number of likely N-dealkylation sites (N-methyl/N-ethyl adjacent to an activating group) is 1. The lowest BCUT2D eigenvalue weighted by Gasteiger charge is -2.19. The Morgan fingerprint density at radius 3 is 3.07 bits per heavy atom. The van der Waals surface area contributed by atoms with E-state index in [1.54, 1.807) is 0 Å². The van der Waals surface area contributed by atoms with Gasteiger partial charge in [0.15, 0.2) is 0 Å². The lowest BCUT2D eigenvalue weighted by atomic mass is 10.1. The molecule has 0 aromatic heterocycles. The van der Waals surface area contributed by atoms with Crippen LogP contribution in [0, 0.1) is 0 Å². The molecular weight excluding hydrogens is 174 g/mol. The van der Waals surface area contributed by atoms with Crippen LogP contribution in [0.25, 0.3) is 0 Å². The zero-order valence-electron chi connectivity index (χ0n) is 9.42. The Kier molecular flexibility index (Phi) is 4.74.